The zero-order valence-electron chi connectivity index (χ0n) is 6.35. The molecule has 3 nitrogen and oxygen atoms in total. The monoisotopic (exact) mass is 173 g/mol. The normalized spacial score (nSPS) is 40.9. The van der Waals surface area contributed by atoms with Crippen LogP contribution < -0.4 is 0 Å². The first kappa shape index (κ1) is 8.35. The van der Waals surface area contributed by atoms with E-state index in [0.29, 0.717) is 6.42 Å². The van der Waals surface area contributed by atoms with Crippen LogP contribution in [0, 0.1) is 16.7 Å². The number of methoxy groups -OCH3 is 1. The number of carbonyl (C=O) groups is 1. The largest absolute Gasteiger partial charge is 0.468 e. The highest BCUT2D eigenvalue weighted by molar-refractivity contribution is 6.37. The van der Waals surface area contributed by atoms with Gasteiger partial charge in [0.1, 0.15) is 0 Å². The second-order valence-electron chi connectivity index (χ2n) is 2.91. The summed E-state index contributed by atoms with van der Waals surface area (Å²) in [5, 5.41) is 8.60. The smallest absolute Gasteiger partial charge is 0.328 e. The average molecular weight is 174 g/mol. The Morgan fingerprint density at radius 2 is 2.36 bits per heavy atom. The van der Waals surface area contributed by atoms with E-state index in [-0.39, 0.29) is 0 Å². The van der Waals surface area contributed by atoms with Gasteiger partial charge in [-0.1, -0.05) is 0 Å². The molecule has 1 rings (SSSR count). The second kappa shape index (κ2) is 2.12. The third-order valence-corrected chi connectivity index (χ3v) is 2.81. The summed E-state index contributed by atoms with van der Waals surface area (Å²) in [6.07, 6.45) is 0.380. The van der Waals surface area contributed by atoms with Gasteiger partial charge < -0.3 is 4.74 Å². The Morgan fingerprint density at radius 3 is 2.64 bits per heavy atom. The Kier molecular flexibility index (Phi) is 1.61. The maximum Gasteiger partial charge on any atom is 0.328 e. The van der Waals surface area contributed by atoms with Gasteiger partial charge in [-0.05, 0) is 13.3 Å². The Hall–Kier alpha value is -0.750. The van der Waals surface area contributed by atoms with E-state index in [1.165, 1.54) is 7.11 Å². The molecule has 1 saturated carbocycles. The minimum absolute atomic E-state index is 0.380. The number of ether oxygens (including phenoxy) is 1. The molecule has 11 heavy (non-hydrogen) atoms. The van der Waals surface area contributed by atoms with Crippen molar-refractivity contribution in [3.05, 3.63) is 0 Å². The fraction of sp³-hybridized carbons (Fsp3) is 0.714. The molecule has 4 heteroatoms. The van der Waals surface area contributed by atoms with E-state index in [9.17, 15) is 4.79 Å². The Balaban J connectivity index is 2.79. The Labute approximate surface area is 69.9 Å². The van der Waals surface area contributed by atoms with Gasteiger partial charge in [0, 0.05) is 0 Å². The summed E-state index contributed by atoms with van der Waals surface area (Å²) in [7, 11) is 1.27. The predicted molar refractivity (Wildman–Crippen MR) is 38.9 cm³/mol. The van der Waals surface area contributed by atoms with Gasteiger partial charge >= 0.3 is 5.97 Å². The van der Waals surface area contributed by atoms with Crippen LogP contribution in [0.15, 0.2) is 0 Å². The molecular formula is C7H8ClNO2. The number of alkyl halides is 1. The summed E-state index contributed by atoms with van der Waals surface area (Å²) < 4.78 is 4.45. The van der Waals surface area contributed by atoms with Crippen LogP contribution in [-0.2, 0) is 9.53 Å². The van der Waals surface area contributed by atoms with Gasteiger partial charge in [-0.25, -0.2) is 0 Å². The highest BCUT2D eigenvalue weighted by Crippen LogP contribution is 2.60. The van der Waals surface area contributed by atoms with Crippen LogP contribution >= 0.6 is 11.6 Å². The van der Waals surface area contributed by atoms with Gasteiger partial charge in [0.15, 0.2) is 4.87 Å². The molecular weight excluding hydrogens is 166 g/mol. The highest BCUT2D eigenvalue weighted by Gasteiger charge is 2.70. The molecule has 0 N–H and O–H groups in total. The maximum absolute atomic E-state index is 11.0. The van der Waals surface area contributed by atoms with Crippen molar-refractivity contribution in [1.29, 1.82) is 5.26 Å². The van der Waals surface area contributed by atoms with E-state index in [4.69, 9.17) is 16.9 Å². The lowest BCUT2D eigenvalue weighted by atomic mass is 10.1. The molecule has 0 aromatic carbocycles. The first-order chi connectivity index (χ1) is 5.00. The number of nitrogens with zero attached hydrogens (tertiary/aromatic N) is 1. The van der Waals surface area contributed by atoms with E-state index >= 15 is 0 Å². The zero-order chi connectivity index (χ0) is 8.70. The van der Waals surface area contributed by atoms with Gasteiger partial charge in [0.25, 0.3) is 0 Å². The molecule has 1 aliphatic rings. The lowest BCUT2D eigenvalue weighted by molar-refractivity contribution is -0.141. The molecule has 1 aliphatic carbocycles. The molecule has 0 aliphatic heterocycles. The molecule has 0 aromatic rings. The molecule has 60 valence electrons. The Morgan fingerprint density at radius 1 is 1.82 bits per heavy atom. The number of rotatable bonds is 1. The predicted octanol–water partition coefficient (Wildman–Crippen LogP) is 1.07. The maximum atomic E-state index is 11.0. The van der Waals surface area contributed by atoms with Gasteiger partial charge in [-0.2, -0.15) is 5.26 Å². The number of halogens is 1. The SMILES string of the molecule is COC(=O)[C@@]1(Cl)C[C@@]1(C)C#N. The molecule has 0 saturated heterocycles. The van der Waals surface area contributed by atoms with E-state index in [0.717, 1.165) is 0 Å². The summed E-state index contributed by atoms with van der Waals surface area (Å²) in [5.41, 5.74) is -0.734. The van der Waals surface area contributed by atoms with Gasteiger partial charge in [0.2, 0.25) is 0 Å². The number of hydrogen-bond acceptors (Lipinski definition) is 3. The molecule has 0 amide bonds. The third-order valence-electron chi connectivity index (χ3n) is 2.10. The molecule has 2 atom stereocenters. The molecule has 0 radical (unpaired) electrons. The number of esters is 1. The van der Waals surface area contributed by atoms with Crippen LogP contribution in [0.5, 0.6) is 0 Å². The lowest BCUT2D eigenvalue weighted by Crippen LogP contribution is -2.23. The average Bonchev–Trinajstić information content (AvgIpc) is 2.56. The van der Waals surface area contributed by atoms with Crippen molar-refractivity contribution < 1.29 is 9.53 Å². The van der Waals surface area contributed by atoms with Gasteiger partial charge in [-0.3, -0.25) is 4.79 Å². The van der Waals surface area contributed by atoms with E-state index in [1.807, 2.05) is 6.07 Å². The van der Waals surface area contributed by atoms with Crippen LogP contribution in [0.2, 0.25) is 0 Å². The Bertz CT molecular complexity index is 247. The van der Waals surface area contributed by atoms with Crippen LogP contribution in [0.3, 0.4) is 0 Å². The minimum atomic E-state index is -1.09. The summed E-state index contributed by atoms with van der Waals surface area (Å²) in [6.45, 7) is 1.65. The fourth-order valence-electron chi connectivity index (χ4n) is 1.03. The summed E-state index contributed by atoms with van der Waals surface area (Å²) in [5.74, 6) is -0.511. The van der Waals surface area contributed by atoms with Gasteiger partial charge in [0.05, 0.1) is 18.6 Å². The molecule has 0 aromatic heterocycles. The quantitative estimate of drug-likeness (QED) is 0.440. The van der Waals surface area contributed by atoms with Crippen molar-refractivity contribution in [2.24, 2.45) is 5.41 Å². The topological polar surface area (TPSA) is 50.1 Å². The molecule has 0 heterocycles. The van der Waals surface area contributed by atoms with Crippen LogP contribution in [0.25, 0.3) is 0 Å². The minimum Gasteiger partial charge on any atom is -0.468 e. The van der Waals surface area contributed by atoms with Crippen LogP contribution in [-0.4, -0.2) is 18.0 Å². The van der Waals surface area contributed by atoms with E-state index in [1.54, 1.807) is 6.92 Å². The van der Waals surface area contributed by atoms with E-state index < -0.39 is 16.3 Å². The molecule has 0 bridgehead atoms. The summed E-state index contributed by atoms with van der Waals surface area (Å²) >= 11 is 5.81. The van der Waals surface area contributed by atoms with Gasteiger partial charge in [-0.15, -0.1) is 11.6 Å². The van der Waals surface area contributed by atoms with Crippen molar-refractivity contribution >= 4 is 17.6 Å². The summed E-state index contributed by atoms with van der Waals surface area (Å²) in [4.78, 5) is 9.88. The summed E-state index contributed by atoms with van der Waals surface area (Å²) in [6, 6.07) is 1.99. The second-order valence-corrected chi connectivity index (χ2v) is 3.56. The zero-order valence-corrected chi connectivity index (χ0v) is 7.10. The van der Waals surface area contributed by atoms with Crippen molar-refractivity contribution in [1.82, 2.24) is 0 Å². The number of nitriles is 1. The molecule has 1 fully saturated rings. The lowest BCUT2D eigenvalue weighted by Gasteiger charge is -2.06. The first-order valence-corrected chi connectivity index (χ1v) is 3.56. The molecule has 0 unspecified atom stereocenters. The third kappa shape index (κ3) is 0.899. The van der Waals surface area contributed by atoms with E-state index in [2.05, 4.69) is 4.74 Å². The van der Waals surface area contributed by atoms with Crippen LogP contribution in [0.1, 0.15) is 13.3 Å². The number of hydrogen-bond donors (Lipinski definition) is 0. The molecule has 0 spiro atoms. The van der Waals surface area contributed by atoms with Crippen molar-refractivity contribution in [3.8, 4) is 6.07 Å². The first-order valence-electron chi connectivity index (χ1n) is 3.19. The number of carbonyl (C=O) groups excluding carboxylic acids is 1. The van der Waals surface area contributed by atoms with Crippen molar-refractivity contribution in [3.63, 3.8) is 0 Å². The highest BCUT2D eigenvalue weighted by atomic mass is 35.5. The van der Waals surface area contributed by atoms with Crippen LogP contribution in [0.4, 0.5) is 0 Å². The van der Waals surface area contributed by atoms with Crippen molar-refractivity contribution in [2.45, 2.75) is 18.2 Å². The standard InChI is InChI=1S/C7H8ClNO2/c1-6(4-9)3-7(6,8)5(10)11-2/h3H2,1-2H3/t6-,7-/m0/s1. The fourth-order valence-corrected chi connectivity index (χ4v) is 1.42. The van der Waals surface area contributed by atoms with Crippen molar-refractivity contribution in [2.75, 3.05) is 7.11 Å².